The van der Waals surface area contributed by atoms with Crippen molar-refractivity contribution in [3.63, 3.8) is 0 Å². The molecule has 1 N–H and O–H groups in total. The van der Waals surface area contributed by atoms with Gasteiger partial charge in [-0.15, -0.1) is 0 Å². The molecule has 3 aliphatic rings. The predicted octanol–water partition coefficient (Wildman–Crippen LogP) is 6.45. The number of benzene rings is 2. The summed E-state index contributed by atoms with van der Waals surface area (Å²) in [6.07, 6.45) is 13.1. The van der Waals surface area contributed by atoms with Crippen molar-refractivity contribution in [2.24, 2.45) is 11.8 Å². The number of likely N-dealkylation sites (tertiary alicyclic amines) is 1. The number of hydrogen-bond acceptors (Lipinski definition) is 5. The van der Waals surface area contributed by atoms with Crippen LogP contribution in [0.3, 0.4) is 0 Å². The minimum absolute atomic E-state index is 0.226. The number of rotatable bonds is 9. The van der Waals surface area contributed by atoms with Crippen LogP contribution in [0.4, 0.5) is 0 Å². The Kier molecular flexibility index (Phi) is 9.31. The topological polar surface area (TPSA) is 45.2 Å². The first-order valence-electron chi connectivity index (χ1n) is 14.9. The average molecular weight is 531 g/mol. The number of phenolic OH excluding ortho intramolecular Hbond substituents is 1. The van der Waals surface area contributed by atoms with Crippen molar-refractivity contribution in [1.82, 2.24) is 9.80 Å². The molecule has 0 amide bonds. The van der Waals surface area contributed by atoms with Crippen molar-refractivity contribution in [2.75, 3.05) is 33.9 Å². The normalized spacial score (nSPS) is 23.9. The summed E-state index contributed by atoms with van der Waals surface area (Å²) in [4.78, 5) is 5.20. The van der Waals surface area contributed by atoms with Crippen molar-refractivity contribution < 1.29 is 14.6 Å². The van der Waals surface area contributed by atoms with Gasteiger partial charge in [0.2, 0.25) is 0 Å². The molecule has 5 nitrogen and oxygen atoms in total. The summed E-state index contributed by atoms with van der Waals surface area (Å²) in [6.45, 7) is 7.65. The Balaban J connectivity index is 1.33. The van der Waals surface area contributed by atoms with Crippen molar-refractivity contribution in [2.45, 2.75) is 71.0 Å². The standard InChI is InChI=1S/C34H46N2O3/c1-4-36(24-26-11-9-25(10-12-26)23-35-17-7-5-6-8-18-35)32-22-34(39-3)33(38-2)21-31(32)29-14-13-28-20-30(37)16-15-27(28)19-29/h9-12,15-16,20-22,29,31-32,37H,4-8,13-14,17-19,23-24H2,1-3H3/t29-,31?,32?/m1/s1. The number of methoxy groups -OCH3 is 2. The second-order valence-electron chi connectivity index (χ2n) is 11.6. The van der Waals surface area contributed by atoms with E-state index in [0.717, 1.165) is 50.4 Å². The Morgan fingerprint density at radius 2 is 1.56 bits per heavy atom. The molecule has 0 radical (unpaired) electrons. The lowest BCUT2D eigenvalue weighted by atomic mass is 9.72. The number of hydrogen-bond donors (Lipinski definition) is 1. The SMILES string of the molecule is CCN(Cc1ccc(CN2CCCCCC2)cc1)C1C=C(OC)C(OC)=CC1[C@@H]1CCc2cc(O)ccc2C1. The Labute approximate surface area is 235 Å². The number of nitrogens with zero attached hydrogens (tertiary/aromatic N) is 2. The second kappa shape index (κ2) is 13.1. The van der Waals surface area contributed by atoms with Gasteiger partial charge in [-0.05, 0) is 104 Å². The van der Waals surface area contributed by atoms with E-state index in [9.17, 15) is 5.11 Å². The molecule has 5 rings (SSSR count). The molecule has 210 valence electrons. The lowest BCUT2D eigenvalue weighted by molar-refractivity contribution is 0.132. The van der Waals surface area contributed by atoms with Crippen LogP contribution >= 0.6 is 0 Å². The van der Waals surface area contributed by atoms with Gasteiger partial charge in [0.15, 0.2) is 11.5 Å². The fourth-order valence-electron chi connectivity index (χ4n) is 6.87. The highest BCUT2D eigenvalue weighted by Gasteiger charge is 2.37. The highest BCUT2D eigenvalue weighted by atomic mass is 16.5. The van der Waals surface area contributed by atoms with Crippen molar-refractivity contribution in [3.8, 4) is 5.75 Å². The molecule has 0 bridgehead atoms. The van der Waals surface area contributed by atoms with Crippen LogP contribution in [0.5, 0.6) is 5.75 Å². The fraction of sp³-hybridized carbons (Fsp3) is 0.529. The van der Waals surface area contributed by atoms with Crippen LogP contribution in [0.1, 0.15) is 61.3 Å². The average Bonchev–Trinajstić information content (AvgIpc) is 3.24. The number of ether oxygens (including phenoxy) is 2. The quantitative estimate of drug-likeness (QED) is 0.403. The molecule has 0 saturated carbocycles. The summed E-state index contributed by atoms with van der Waals surface area (Å²) < 4.78 is 11.6. The zero-order valence-electron chi connectivity index (χ0n) is 24.1. The number of likely N-dealkylation sites (N-methyl/N-ethyl adjacent to an activating group) is 1. The van der Waals surface area contributed by atoms with E-state index in [-0.39, 0.29) is 6.04 Å². The minimum Gasteiger partial charge on any atom is -0.508 e. The van der Waals surface area contributed by atoms with Gasteiger partial charge in [-0.3, -0.25) is 9.80 Å². The van der Waals surface area contributed by atoms with Crippen LogP contribution in [0.2, 0.25) is 0 Å². The van der Waals surface area contributed by atoms with Crippen LogP contribution < -0.4 is 0 Å². The maximum absolute atomic E-state index is 9.97. The van der Waals surface area contributed by atoms with E-state index in [4.69, 9.17) is 9.47 Å². The summed E-state index contributed by atoms with van der Waals surface area (Å²) in [5, 5.41) is 9.97. The first-order chi connectivity index (χ1) is 19.1. The highest BCUT2D eigenvalue weighted by Crippen LogP contribution is 2.39. The van der Waals surface area contributed by atoms with E-state index >= 15 is 0 Å². The van der Waals surface area contributed by atoms with E-state index in [1.807, 2.05) is 12.1 Å². The smallest absolute Gasteiger partial charge is 0.158 e. The van der Waals surface area contributed by atoms with Gasteiger partial charge in [0.25, 0.3) is 0 Å². The molecule has 2 aromatic carbocycles. The van der Waals surface area contributed by atoms with Crippen LogP contribution in [0.15, 0.2) is 66.1 Å². The van der Waals surface area contributed by atoms with Gasteiger partial charge in [-0.25, -0.2) is 0 Å². The van der Waals surface area contributed by atoms with E-state index in [1.54, 1.807) is 14.2 Å². The number of fused-ring (bicyclic) bond motifs is 1. The van der Waals surface area contributed by atoms with Gasteiger partial charge in [-0.1, -0.05) is 50.1 Å². The molecular weight excluding hydrogens is 484 g/mol. The molecule has 1 heterocycles. The van der Waals surface area contributed by atoms with Crippen LogP contribution in [-0.2, 0) is 35.4 Å². The van der Waals surface area contributed by atoms with Crippen LogP contribution in [0.25, 0.3) is 0 Å². The van der Waals surface area contributed by atoms with E-state index in [0.29, 0.717) is 17.6 Å². The third-order valence-electron chi connectivity index (χ3n) is 9.09. The Bertz CT molecular complexity index is 1150. The molecular formula is C34H46N2O3. The number of aryl methyl sites for hydroxylation is 1. The predicted molar refractivity (Wildman–Crippen MR) is 157 cm³/mol. The summed E-state index contributed by atoms with van der Waals surface area (Å²) >= 11 is 0. The molecule has 1 aliphatic heterocycles. The Hall–Kier alpha value is -2.76. The maximum atomic E-state index is 9.97. The van der Waals surface area contributed by atoms with Gasteiger partial charge in [-0.2, -0.15) is 0 Å². The summed E-state index contributed by atoms with van der Waals surface area (Å²) in [5.74, 6) is 2.85. The number of aromatic hydroxyl groups is 1. The van der Waals surface area contributed by atoms with Gasteiger partial charge in [0, 0.05) is 25.0 Å². The number of phenols is 1. The molecule has 0 aromatic heterocycles. The van der Waals surface area contributed by atoms with Crippen LogP contribution in [-0.4, -0.2) is 54.8 Å². The maximum Gasteiger partial charge on any atom is 0.158 e. The van der Waals surface area contributed by atoms with Crippen molar-refractivity contribution in [1.29, 1.82) is 0 Å². The third kappa shape index (κ3) is 6.70. The molecule has 2 aromatic rings. The minimum atomic E-state index is 0.226. The molecule has 5 heteroatoms. The highest BCUT2D eigenvalue weighted by molar-refractivity contribution is 5.38. The lowest BCUT2D eigenvalue weighted by Crippen LogP contribution is -2.44. The zero-order chi connectivity index (χ0) is 27.2. The van der Waals surface area contributed by atoms with Crippen molar-refractivity contribution in [3.05, 3.63) is 88.4 Å². The van der Waals surface area contributed by atoms with Gasteiger partial charge < -0.3 is 14.6 Å². The van der Waals surface area contributed by atoms with Gasteiger partial charge >= 0.3 is 0 Å². The van der Waals surface area contributed by atoms with Gasteiger partial charge in [0.1, 0.15) is 5.75 Å². The summed E-state index contributed by atoms with van der Waals surface area (Å²) in [6, 6.07) is 15.4. The first kappa shape index (κ1) is 27.8. The zero-order valence-corrected chi connectivity index (χ0v) is 24.1. The molecule has 2 aliphatic carbocycles. The molecule has 1 fully saturated rings. The van der Waals surface area contributed by atoms with Gasteiger partial charge in [0.05, 0.1) is 14.2 Å². The summed E-state index contributed by atoms with van der Waals surface area (Å²) in [5.41, 5.74) is 5.42. The lowest BCUT2D eigenvalue weighted by Gasteiger charge is -2.41. The molecule has 3 atom stereocenters. The first-order valence-corrected chi connectivity index (χ1v) is 14.9. The fourth-order valence-corrected chi connectivity index (χ4v) is 6.87. The van der Waals surface area contributed by atoms with Crippen LogP contribution in [0, 0.1) is 11.8 Å². The summed E-state index contributed by atoms with van der Waals surface area (Å²) in [7, 11) is 3.47. The van der Waals surface area contributed by atoms with E-state index in [2.05, 4.69) is 59.2 Å². The Morgan fingerprint density at radius 3 is 2.26 bits per heavy atom. The molecule has 0 spiro atoms. The van der Waals surface area contributed by atoms with E-state index < -0.39 is 0 Å². The third-order valence-corrected chi connectivity index (χ3v) is 9.09. The molecule has 1 saturated heterocycles. The van der Waals surface area contributed by atoms with E-state index in [1.165, 1.54) is 61.0 Å². The Morgan fingerprint density at radius 1 is 0.872 bits per heavy atom. The molecule has 2 unspecified atom stereocenters. The largest absolute Gasteiger partial charge is 0.508 e. The monoisotopic (exact) mass is 530 g/mol. The molecule has 39 heavy (non-hydrogen) atoms. The second-order valence-corrected chi connectivity index (χ2v) is 11.6. The van der Waals surface area contributed by atoms with Crippen molar-refractivity contribution >= 4 is 0 Å².